The summed E-state index contributed by atoms with van der Waals surface area (Å²) in [5, 5.41) is 1.31. The minimum atomic E-state index is -4.32. The Morgan fingerprint density at radius 1 is 0.929 bits per heavy atom. The number of hydrogen-bond donors (Lipinski definition) is 2. The number of carbonyl (C=O) groups excluding carboxylic acids is 1. The largest absolute Gasteiger partial charge is 1.00 e. The Morgan fingerprint density at radius 2 is 1.39 bits per heavy atom. The van der Waals surface area contributed by atoms with E-state index in [9.17, 15) is 13.2 Å². The van der Waals surface area contributed by atoms with E-state index in [2.05, 4.69) is 24.4 Å². The molecule has 1 unspecified atom stereocenters. The van der Waals surface area contributed by atoms with Gasteiger partial charge in [-0.25, -0.2) is 0 Å². The number of rotatable bonds is 19. The third-order valence-electron chi connectivity index (χ3n) is 4.79. The summed E-state index contributed by atoms with van der Waals surface area (Å²) in [5.41, 5.74) is 0. The Balaban J connectivity index is -0.00000338. The van der Waals surface area contributed by atoms with Gasteiger partial charge in [0, 0.05) is 13.0 Å². The molecule has 0 rings (SSSR count). The second-order valence-corrected chi connectivity index (χ2v) is 8.96. The summed E-state index contributed by atoms with van der Waals surface area (Å²) in [6.07, 6.45) is 20.1. The van der Waals surface area contributed by atoms with Crippen molar-refractivity contribution < 1.29 is 48.7 Å². The van der Waals surface area contributed by atoms with E-state index in [1.165, 1.54) is 44.9 Å². The van der Waals surface area contributed by atoms with Gasteiger partial charge in [-0.3, -0.25) is 9.35 Å². The van der Waals surface area contributed by atoms with Gasteiger partial charge in [-0.1, -0.05) is 70.4 Å². The van der Waals surface area contributed by atoms with Crippen LogP contribution >= 0.6 is 0 Å². The molecular formula is C21H42NNaO4S. The van der Waals surface area contributed by atoms with Crippen molar-refractivity contribution in [3.8, 4) is 0 Å². The predicted molar refractivity (Wildman–Crippen MR) is 115 cm³/mol. The second-order valence-electron chi connectivity index (χ2n) is 7.36. The number of Topliss-reactive ketones (excluding diaryl/α,β-unsaturated/α-hetero) is 1. The molecule has 0 aromatic rings. The number of allylic oxidation sites excluding steroid dienone is 2. The normalized spacial score (nSPS) is 12.8. The first-order valence-corrected chi connectivity index (χ1v) is 12.2. The fraction of sp³-hybridized carbons (Fsp3) is 0.857. The number of carbonyl (C=O) groups is 1. The van der Waals surface area contributed by atoms with Gasteiger partial charge >= 0.3 is 29.6 Å². The zero-order chi connectivity index (χ0) is 20.4. The number of ketones is 1. The fourth-order valence-electron chi connectivity index (χ4n) is 3.10. The van der Waals surface area contributed by atoms with Gasteiger partial charge in [-0.15, -0.1) is 0 Å². The quantitative estimate of drug-likeness (QED) is 0.143. The summed E-state index contributed by atoms with van der Waals surface area (Å²) in [7, 11) is -2.75. The molecule has 28 heavy (non-hydrogen) atoms. The SMILES string of the molecule is CCCCCCCC/C=C\CCCCCCCC(=O)C(CNC)S(=O)(=O)O.[H-].[Na+]. The van der Waals surface area contributed by atoms with Crippen LogP contribution in [0.4, 0.5) is 0 Å². The second kappa shape index (κ2) is 20.5. The van der Waals surface area contributed by atoms with Crippen LogP contribution in [0.15, 0.2) is 12.2 Å². The molecule has 0 aliphatic rings. The fourth-order valence-corrected chi connectivity index (χ4v) is 3.93. The summed E-state index contributed by atoms with van der Waals surface area (Å²) < 4.78 is 31.5. The van der Waals surface area contributed by atoms with Crippen LogP contribution in [0, 0.1) is 0 Å². The summed E-state index contributed by atoms with van der Waals surface area (Å²) in [6.45, 7) is 2.20. The smallest absolute Gasteiger partial charge is 1.00 e. The van der Waals surface area contributed by atoms with Gasteiger partial charge in [-0.05, 0) is 39.2 Å². The summed E-state index contributed by atoms with van der Waals surface area (Å²) in [5.74, 6) is -0.399. The number of hydrogen-bond acceptors (Lipinski definition) is 4. The summed E-state index contributed by atoms with van der Waals surface area (Å²) in [4.78, 5) is 11.9. The molecule has 0 bridgehead atoms. The minimum Gasteiger partial charge on any atom is -1.00 e. The van der Waals surface area contributed by atoms with Crippen LogP contribution in [-0.4, -0.2) is 37.6 Å². The Hall–Kier alpha value is 0.280. The molecule has 0 amide bonds. The molecule has 5 nitrogen and oxygen atoms in total. The molecule has 0 aromatic heterocycles. The molecule has 0 spiro atoms. The van der Waals surface area contributed by atoms with Crippen molar-refractivity contribution in [2.24, 2.45) is 0 Å². The number of nitrogens with one attached hydrogen (secondary N) is 1. The van der Waals surface area contributed by atoms with Gasteiger partial charge < -0.3 is 6.74 Å². The van der Waals surface area contributed by atoms with E-state index in [-0.39, 0.29) is 43.9 Å². The minimum absolute atomic E-state index is 0. The first-order valence-electron chi connectivity index (χ1n) is 10.7. The zero-order valence-corrected chi connectivity index (χ0v) is 21.2. The van der Waals surface area contributed by atoms with Crippen LogP contribution in [0.3, 0.4) is 0 Å². The van der Waals surface area contributed by atoms with Crippen LogP contribution in [0.25, 0.3) is 0 Å². The Labute approximate surface area is 197 Å². The topological polar surface area (TPSA) is 83.5 Å². The van der Waals surface area contributed by atoms with Crippen LogP contribution in [-0.2, 0) is 14.9 Å². The molecule has 7 heteroatoms. The van der Waals surface area contributed by atoms with E-state index in [0.29, 0.717) is 6.42 Å². The zero-order valence-electron chi connectivity index (χ0n) is 19.4. The van der Waals surface area contributed by atoms with E-state index < -0.39 is 21.2 Å². The van der Waals surface area contributed by atoms with E-state index >= 15 is 0 Å². The summed E-state index contributed by atoms with van der Waals surface area (Å²) in [6, 6.07) is 0. The molecule has 2 N–H and O–H groups in total. The molecule has 0 fully saturated rings. The molecule has 0 radical (unpaired) electrons. The molecule has 0 saturated carbocycles. The van der Waals surface area contributed by atoms with Crippen molar-refractivity contribution in [1.82, 2.24) is 5.32 Å². The van der Waals surface area contributed by atoms with Crippen LogP contribution in [0.5, 0.6) is 0 Å². The van der Waals surface area contributed by atoms with Crippen molar-refractivity contribution in [2.75, 3.05) is 13.6 Å². The molecule has 0 aliphatic heterocycles. The third-order valence-corrected chi connectivity index (χ3v) is 5.94. The standard InChI is InChI=1S/C21H41NO4S.Na.H/c1-3-4-5-6-7-8-9-10-11-12-13-14-15-16-17-18-20(23)21(19-22-2)27(24,25)26;;/h10-11,21-22H,3-9,12-19H2,1-2H3,(H,24,25,26);;/q;+1;-1/b11-10-;;. The molecule has 0 saturated heterocycles. The molecular weight excluding hydrogens is 385 g/mol. The number of unbranched alkanes of at least 4 members (excludes halogenated alkanes) is 11. The molecule has 0 aromatic carbocycles. The van der Waals surface area contributed by atoms with Crippen molar-refractivity contribution in [3.63, 3.8) is 0 Å². The van der Waals surface area contributed by atoms with E-state index in [1.807, 2.05) is 0 Å². The average Bonchev–Trinajstić information content (AvgIpc) is 2.61. The van der Waals surface area contributed by atoms with Gasteiger partial charge in [0.25, 0.3) is 10.1 Å². The first kappa shape index (κ1) is 30.5. The van der Waals surface area contributed by atoms with Crippen LogP contribution in [0.2, 0.25) is 0 Å². The Bertz CT molecular complexity index is 501. The van der Waals surface area contributed by atoms with Gasteiger partial charge in [0.2, 0.25) is 0 Å². The van der Waals surface area contributed by atoms with E-state index in [1.54, 1.807) is 7.05 Å². The average molecular weight is 428 g/mol. The van der Waals surface area contributed by atoms with Crippen LogP contribution in [0.1, 0.15) is 98.2 Å². The maximum Gasteiger partial charge on any atom is 1.00 e. The molecule has 162 valence electrons. The maximum absolute atomic E-state index is 11.9. The monoisotopic (exact) mass is 427 g/mol. The van der Waals surface area contributed by atoms with Gasteiger partial charge in [-0.2, -0.15) is 8.42 Å². The van der Waals surface area contributed by atoms with Crippen LogP contribution < -0.4 is 34.9 Å². The van der Waals surface area contributed by atoms with Gasteiger partial charge in [0.15, 0.2) is 11.0 Å². The van der Waals surface area contributed by atoms with Gasteiger partial charge in [0.1, 0.15) is 0 Å². The summed E-state index contributed by atoms with van der Waals surface area (Å²) >= 11 is 0. The third kappa shape index (κ3) is 18.3. The Morgan fingerprint density at radius 3 is 1.86 bits per heavy atom. The van der Waals surface area contributed by atoms with Crippen molar-refractivity contribution in [2.45, 2.75) is 102 Å². The van der Waals surface area contributed by atoms with E-state index in [4.69, 9.17) is 4.55 Å². The van der Waals surface area contributed by atoms with Crippen molar-refractivity contribution in [1.29, 1.82) is 0 Å². The van der Waals surface area contributed by atoms with Gasteiger partial charge in [0.05, 0.1) is 0 Å². The maximum atomic E-state index is 11.9. The molecule has 0 heterocycles. The first-order chi connectivity index (χ1) is 12.9. The molecule has 0 aliphatic carbocycles. The molecule has 1 atom stereocenters. The predicted octanol–water partition coefficient (Wildman–Crippen LogP) is 2.19. The van der Waals surface area contributed by atoms with Crippen molar-refractivity contribution >= 4 is 15.9 Å². The van der Waals surface area contributed by atoms with E-state index in [0.717, 1.165) is 32.1 Å². The van der Waals surface area contributed by atoms with Crippen molar-refractivity contribution in [3.05, 3.63) is 12.2 Å². The Kier molecular flexibility index (Phi) is 22.4.